The molecule has 1 aliphatic heterocycles. The van der Waals surface area contributed by atoms with Crippen molar-refractivity contribution in [1.82, 2.24) is 14.9 Å². The highest BCUT2D eigenvalue weighted by atomic mass is 16.3. The first-order chi connectivity index (χ1) is 13.2. The second-order valence-electron chi connectivity index (χ2n) is 6.80. The molecule has 0 bridgehead atoms. The summed E-state index contributed by atoms with van der Waals surface area (Å²) >= 11 is 0. The van der Waals surface area contributed by atoms with Crippen LogP contribution in [0.4, 0.5) is 0 Å². The summed E-state index contributed by atoms with van der Waals surface area (Å²) in [6, 6.07) is 17.5. The smallest absolute Gasteiger partial charge is 0.244 e. The zero-order valence-electron chi connectivity index (χ0n) is 14.9. The van der Waals surface area contributed by atoms with Gasteiger partial charge in [-0.25, -0.2) is 4.98 Å². The van der Waals surface area contributed by atoms with Crippen LogP contribution in [0.5, 0.6) is 5.75 Å². The van der Waals surface area contributed by atoms with E-state index in [0.29, 0.717) is 19.5 Å². The molecule has 3 aromatic rings. The van der Waals surface area contributed by atoms with Crippen LogP contribution in [0.25, 0.3) is 0 Å². The van der Waals surface area contributed by atoms with Gasteiger partial charge in [0.1, 0.15) is 5.75 Å². The van der Waals surface area contributed by atoms with Crippen LogP contribution >= 0.6 is 0 Å². The predicted octanol–water partition coefficient (Wildman–Crippen LogP) is 2.83. The molecule has 0 fully saturated rings. The van der Waals surface area contributed by atoms with Gasteiger partial charge in [0, 0.05) is 37.7 Å². The van der Waals surface area contributed by atoms with Crippen LogP contribution in [-0.4, -0.2) is 27.1 Å². The molecule has 0 spiro atoms. The molecule has 0 atom stereocenters. The van der Waals surface area contributed by atoms with Crippen molar-refractivity contribution in [1.29, 1.82) is 0 Å². The maximum absolute atomic E-state index is 11.5. The van der Waals surface area contributed by atoms with Crippen molar-refractivity contribution in [3.8, 4) is 5.75 Å². The molecular formula is C22H21N3O2. The summed E-state index contributed by atoms with van der Waals surface area (Å²) < 4.78 is 2.11. The number of phenols is 1. The summed E-state index contributed by atoms with van der Waals surface area (Å²) in [6.07, 6.45) is 4.96. The van der Waals surface area contributed by atoms with E-state index in [4.69, 9.17) is 0 Å². The highest BCUT2D eigenvalue weighted by Crippen LogP contribution is 2.20. The molecule has 0 unspecified atom stereocenters. The Kier molecular flexibility index (Phi) is 4.75. The van der Waals surface area contributed by atoms with Crippen LogP contribution < -0.4 is 5.32 Å². The minimum atomic E-state index is -0.0337. The Hall–Kier alpha value is -3.34. The van der Waals surface area contributed by atoms with E-state index in [9.17, 15) is 9.90 Å². The molecule has 0 aliphatic carbocycles. The molecule has 1 amide bonds. The Morgan fingerprint density at radius 3 is 2.59 bits per heavy atom. The van der Waals surface area contributed by atoms with E-state index < -0.39 is 0 Å². The number of hydrogen-bond donors (Lipinski definition) is 2. The zero-order chi connectivity index (χ0) is 18.6. The van der Waals surface area contributed by atoms with Crippen molar-refractivity contribution < 1.29 is 9.90 Å². The van der Waals surface area contributed by atoms with Crippen LogP contribution in [0.15, 0.2) is 72.6 Å². The first-order valence-corrected chi connectivity index (χ1v) is 8.99. The molecule has 2 N–H and O–H groups in total. The minimum Gasteiger partial charge on any atom is -0.508 e. The number of imidazole rings is 1. The maximum Gasteiger partial charge on any atom is 0.244 e. The van der Waals surface area contributed by atoms with E-state index in [-0.39, 0.29) is 11.7 Å². The second kappa shape index (κ2) is 7.50. The topological polar surface area (TPSA) is 67.2 Å². The van der Waals surface area contributed by atoms with Crippen molar-refractivity contribution >= 4 is 5.91 Å². The summed E-state index contributed by atoms with van der Waals surface area (Å²) in [4.78, 5) is 16.2. The standard InChI is InChI=1S/C22H21N3O2/c26-19-8-4-7-17(9-19)14-25-15-24-20(10-16-5-2-1-3-6-16)21(25)11-18-12-22(27)23-13-18/h1-9,12,15,26H,10-11,13-14H2,(H,23,27). The van der Waals surface area contributed by atoms with Gasteiger partial charge in [0.05, 0.1) is 12.0 Å². The molecule has 0 saturated carbocycles. The molecule has 4 rings (SSSR count). The fourth-order valence-corrected chi connectivity index (χ4v) is 3.39. The van der Waals surface area contributed by atoms with Gasteiger partial charge in [0.15, 0.2) is 0 Å². The molecule has 5 nitrogen and oxygen atoms in total. The van der Waals surface area contributed by atoms with E-state index in [1.165, 1.54) is 5.56 Å². The normalized spacial score (nSPS) is 13.5. The van der Waals surface area contributed by atoms with Crippen LogP contribution in [0.3, 0.4) is 0 Å². The van der Waals surface area contributed by atoms with Crippen LogP contribution in [0, 0.1) is 0 Å². The fourth-order valence-electron chi connectivity index (χ4n) is 3.39. The van der Waals surface area contributed by atoms with Crippen LogP contribution in [0.1, 0.15) is 22.5 Å². The number of hydrogen-bond acceptors (Lipinski definition) is 3. The Morgan fingerprint density at radius 2 is 1.85 bits per heavy atom. The lowest BCUT2D eigenvalue weighted by molar-refractivity contribution is -0.115. The van der Waals surface area contributed by atoms with Crippen molar-refractivity contribution in [2.75, 3.05) is 6.54 Å². The largest absolute Gasteiger partial charge is 0.508 e. The molecule has 0 saturated heterocycles. The fraction of sp³-hybridized carbons (Fsp3) is 0.182. The molecule has 5 heteroatoms. The molecule has 136 valence electrons. The number of rotatable bonds is 6. The Bertz CT molecular complexity index is 990. The van der Waals surface area contributed by atoms with Gasteiger partial charge in [-0.15, -0.1) is 0 Å². The first kappa shape index (κ1) is 17.1. The Morgan fingerprint density at radius 1 is 1.04 bits per heavy atom. The van der Waals surface area contributed by atoms with Crippen molar-refractivity contribution in [3.63, 3.8) is 0 Å². The molecule has 2 heterocycles. The Labute approximate surface area is 158 Å². The summed E-state index contributed by atoms with van der Waals surface area (Å²) in [6.45, 7) is 1.21. The van der Waals surface area contributed by atoms with Crippen molar-refractivity contribution in [3.05, 3.63) is 95.1 Å². The number of benzene rings is 2. The van der Waals surface area contributed by atoms with Crippen molar-refractivity contribution in [2.24, 2.45) is 0 Å². The predicted molar refractivity (Wildman–Crippen MR) is 103 cm³/mol. The highest BCUT2D eigenvalue weighted by Gasteiger charge is 2.17. The number of aromatic nitrogens is 2. The quantitative estimate of drug-likeness (QED) is 0.711. The lowest BCUT2D eigenvalue weighted by atomic mass is 10.0. The first-order valence-electron chi connectivity index (χ1n) is 8.99. The molecule has 2 aromatic carbocycles. The number of aromatic hydroxyl groups is 1. The third-order valence-electron chi connectivity index (χ3n) is 4.73. The van der Waals surface area contributed by atoms with E-state index in [0.717, 1.165) is 28.9 Å². The van der Waals surface area contributed by atoms with E-state index >= 15 is 0 Å². The summed E-state index contributed by atoms with van der Waals surface area (Å²) in [5.74, 6) is 0.223. The monoisotopic (exact) mass is 359 g/mol. The number of carbonyl (C=O) groups is 1. The van der Waals surface area contributed by atoms with E-state index in [1.54, 1.807) is 18.2 Å². The van der Waals surface area contributed by atoms with Crippen LogP contribution in [-0.2, 0) is 24.2 Å². The average Bonchev–Trinajstić information content (AvgIpc) is 3.23. The van der Waals surface area contributed by atoms with Gasteiger partial charge in [0.25, 0.3) is 0 Å². The molecule has 1 aromatic heterocycles. The van der Waals surface area contributed by atoms with Crippen LogP contribution in [0.2, 0.25) is 0 Å². The highest BCUT2D eigenvalue weighted by molar-refractivity contribution is 5.91. The Balaban J connectivity index is 1.65. The van der Waals surface area contributed by atoms with Gasteiger partial charge in [0.2, 0.25) is 5.91 Å². The van der Waals surface area contributed by atoms with Gasteiger partial charge < -0.3 is 15.0 Å². The van der Waals surface area contributed by atoms with Gasteiger partial charge >= 0.3 is 0 Å². The SMILES string of the molecule is O=C1C=C(Cc2c(Cc3ccccc3)ncn2Cc2cccc(O)c2)CN1. The molecule has 27 heavy (non-hydrogen) atoms. The molecular weight excluding hydrogens is 338 g/mol. The lowest BCUT2D eigenvalue weighted by Gasteiger charge is -2.11. The van der Waals surface area contributed by atoms with Gasteiger partial charge in [-0.05, 0) is 28.8 Å². The van der Waals surface area contributed by atoms with E-state index in [1.807, 2.05) is 36.7 Å². The number of nitrogens with one attached hydrogen (secondary N) is 1. The van der Waals surface area contributed by atoms with Gasteiger partial charge in [-0.1, -0.05) is 42.5 Å². The number of carbonyl (C=O) groups excluding carboxylic acids is 1. The number of phenolic OH excluding ortho intramolecular Hbond substituents is 1. The van der Waals surface area contributed by atoms with Gasteiger partial charge in [-0.2, -0.15) is 0 Å². The summed E-state index contributed by atoms with van der Waals surface area (Å²) in [5, 5.41) is 12.6. The lowest BCUT2D eigenvalue weighted by Crippen LogP contribution is -2.16. The third kappa shape index (κ3) is 4.08. The molecule has 0 radical (unpaired) electrons. The van der Waals surface area contributed by atoms with E-state index in [2.05, 4.69) is 27.0 Å². The van der Waals surface area contributed by atoms with Crippen molar-refractivity contribution in [2.45, 2.75) is 19.4 Å². The minimum absolute atomic E-state index is 0.0337. The van der Waals surface area contributed by atoms with Gasteiger partial charge in [-0.3, -0.25) is 4.79 Å². The third-order valence-corrected chi connectivity index (χ3v) is 4.73. The second-order valence-corrected chi connectivity index (χ2v) is 6.80. The summed E-state index contributed by atoms with van der Waals surface area (Å²) in [7, 11) is 0. The average molecular weight is 359 g/mol. The number of amides is 1. The zero-order valence-corrected chi connectivity index (χ0v) is 14.9. The maximum atomic E-state index is 11.5. The summed E-state index contributed by atoms with van der Waals surface area (Å²) in [5.41, 5.74) is 5.39. The molecule has 1 aliphatic rings. The number of nitrogens with zero attached hydrogens (tertiary/aromatic N) is 2.